The maximum Gasteiger partial charge on any atom is 0.573 e. The van der Waals surface area contributed by atoms with Gasteiger partial charge in [-0.15, -0.1) is 13.2 Å². The second-order valence-corrected chi connectivity index (χ2v) is 9.72. The number of rotatable bonds is 7. The normalized spacial score (nSPS) is 22.9. The van der Waals surface area contributed by atoms with Crippen molar-refractivity contribution >= 4 is 0 Å². The van der Waals surface area contributed by atoms with E-state index in [2.05, 4.69) is 35.9 Å². The summed E-state index contributed by atoms with van der Waals surface area (Å²) in [7, 11) is 0. The van der Waals surface area contributed by atoms with Crippen LogP contribution in [0.25, 0.3) is 0 Å². The number of aryl methyl sites for hydroxylation is 2. The van der Waals surface area contributed by atoms with Gasteiger partial charge in [-0.2, -0.15) is 0 Å². The molecular weight excluding hydrogens is 413 g/mol. The van der Waals surface area contributed by atoms with Crippen LogP contribution in [0.1, 0.15) is 74.5 Å². The van der Waals surface area contributed by atoms with E-state index in [-0.39, 0.29) is 16.8 Å². The molecule has 0 aromatic heterocycles. The Balaban J connectivity index is 1.53. The molecule has 5 heteroatoms. The van der Waals surface area contributed by atoms with Gasteiger partial charge in [0.05, 0.1) is 5.60 Å². The monoisotopic (exact) mass is 446 g/mol. The Kier molecular flexibility index (Phi) is 6.85. The minimum Gasteiger partial charge on any atom is -0.406 e. The standard InChI is InChI=1S/C27H33F3O2/c1-21-8-6-10-22(18-21)9-2-3-13-25(16-17-31-26(20-25)14-4-5-15-26)23-11-7-12-24(19-23)32-27(28,29)30/h6-8,10-12,18-19H,2-5,9,13-17,20H2,1H3/t25-/m1/s1. The van der Waals surface area contributed by atoms with Gasteiger partial charge in [0.1, 0.15) is 5.75 Å². The summed E-state index contributed by atoms with van der Waals surface area (Å²) in [5.74, 6) is -0.124. The summed E-state index contributed by atoms with van der Waals surface area (Å²) >= 11 is 0. The third-order valence-electron chi connectivity index (χ3n) is 7.30. The van der Waals surface area contributed by atoms with Gasteiger partial charge < -0.3 is 9.47 Å². The van der Waals surface area contributed by atoms with E-state index in [0.717, 1.165) is 56.9 Å². The first-order valence-electron chi connectivity index (χ1n) is 11.8. The van der Waals surface area contributed by atoms with E-state index < -0.39 is 6.36 Å². The van der Waals surface area contributed by atoms with Gasteiger partial charge in [0.25, 0.3) is 0 Å². The third-order valence-corrected chi connectivity index (χ3v) is 7.30. The fourth-order valence-corrected chi connectivity index (χ4v) is 5.85. The van der Waals surface area contributed by atoms with E-state index in [1.54, 1.807) is 12.1 Å². The molecule has 174 valence electrons. The van der Waals surface area contributed by atoms with Crippen LogP contribution >= 0.6 is 0 Å². The maximum absolute atomic E-state index is 12.8. The molecule has 1 heterocycles. The van der Waals surface area contributed by atoms with E-state index in [9.17, 15) is 13.2 Å². The van der Waals surface area contributed by atoms with Crippen molar-refractivity contribution < 1.29 is 22.6 Å². The molecule has 1 aliphatic heterocycles. The molecule has 32 heavy (non-hydrogen) atoms. The molecule has 2 fully saturated rings. The van der Waals surface area contributed by atoms with Crippen molar-refractivity contribution in [2.75, 3.05) is 6.61 Å². The predicted molar refractivity (Wildman–Crippen MR) is 120 cm³/mol. The van der Waals surface area contributed by atoms with E-state index in [0.29, 0.717) is 6.61 Å². The molecule has 2 aromatic carbocycles. The number of halogens is 3. The van der Waals surface area contributed by atoms with Crippen molar-refractivity contribution in [3.05, 3.63) is 65.2 Å². The van der Waals surface area contributed by atoms with Crippen LogP contribution < -0.4 is 4.74 Å². The Bertz CT molecular complexity index is 902. The number of hydrogen-bond acceptors (Lipinski definition) is 2. The molecule has 2 nitrogen and oxygen atoms in total. The molecule has 0 unspecified atom stereocenters. The Morgan fingerprint density at radius 2 is 1.75 bits per heavy atom. The average Bonchev–Trinajstić information content (AvgIpc) is 3.17. The zero-order valence-corrected chi connectivity index (χ0v) is 18.8. The Hall–Kier alpha value is -2.01. The third kappa shape index (κ3) is 5.67. The molecule has 0 N–H and O–H groups in total. The highest BCUT2D eigenvalue weighted by Crippen LogP contribution is 2.51. The van der Waals surface area contributed by atoms with E-state index >= 15 is 0 Å². The van der Waals surface area contributed by atoms with Crippen LogP contribution in [0.15, 0.2) is 48.5 Å². The number of alkyl halides is 3. The second kappa shape index (κ2) is 9.46. The van der Waals surface area contributed by atoms with Crippen molar-refractivity contribution in [1.29, 1.82) is 0 Å². The average molecular weight is 447 g/mol. The summed E-state index contributed by atoms with van der Waals surface area (Å²) in [6.07, 6.45) is 5.58. The largest absolute Gasteiger partial charge is 0.573 e. The summed E-state index contributed by atoms with van der Waals surface area (Å²) in [6, 6.07) is 15.3. The van der Waals surface area contributed by atoms with Crippen molar-refractivity contribution in [3.63, 3.8) is 0 Å². The van der Waals surface area contributed by atoms with Crippen LogP contribution in [-0.2, 0) is 16.6 Å². The molecule has 1 aliphatic carbocycles. The molecule has 0 radical (unpaired) electrons. The Morgan fingerprint density at radius 3 is 2.50 bits per heavy atom. The van der Waals surface area contributed by atoms with Gasteiger partial charge >= 0.3 is 6.36 Å². The highest BCUT2D eigenvalue weighted by molar-refractivity contribution is 5.35. The van der Waals surface area contributed by atoms with Gasteiger partial charge in [-0.05, 0) is 75.1 Å². The molecule has 0 amide bonds. The lowest BCUT2D eigenvalue weighted by atomic mass is 9.65. The van der Waals surface area contributed by atoms with Crippen molar-refractivity contribution in [2.45, 2.75) is 88.5 Å². The molecule has 2 aromatic rings. The topological polar surface area (TPSA) is 18.5 Å². The minimum absolute atomic E-state index is 0.115. The van der Waals surface area contributed by atoms with Crippen molar-refractivity contribution in [1.82, 2.24) is 0 Å². The SMILES string of the molecule is Cc1cccc(CCCC[C@@]2(c3cccc(OC(F)(F)F)c3)CCOC3(CCCC3)C2)c1. The lowest BCUT2D eigenvalue weighted by Gasteiger charge is -2.47. The van der Waals surface area contributed by atoms with Crippen LogP contribution in [0.3, 0.4) is 0 Å². The number of ether oxygens (including phenoxy) is 2. The number of hydrogen-bond donors (Lipinski definition) is 0. The summed E-state index contributed by atoms with van der Waals surface area (Å²) in [5, 5.41) is 0. The second-order valence-electron chi connectivity index (χ2n) is 9.72. The summed E-state index contributed by atoms with van der Waals surface area (Å²) in [6.45, 7) is 2.78. The fraction of sp³-hybridized carbons (Fsp3) is 0.556. The van der Waals surface area contributed by atoms with Gasteiger partial charge in [-0.25, -0.2) is 0 Å². The summed E-state index contributed by atoms with van der Waals surface area (Å²) < 4.78 is 49.1. The smallest absolute Gasteiger partial charge is 0.406 e. The molecule has 4 rings (SSSR count). The molecule has 1 saturated heterocycles. The first-order chi connectivity index (χ1) is 15.3. The molecule has 1 spiro atoms. The van der Waals surface area contributed by atoms with Gasteiger partial charge in [-0.3, -0.25) is 0 Å². The summed E-state index contributed by atoms with van der Waals surface area (Å²) in [4.78, 5) is 0. The van der Waals surface area contributed by atoms with Crippen molar-refractivity contribution in [3.8, 4) is 5.75 Å². The molecule has 0 bridgehead atoms. The van der Waals surface area contributed by atoms with E-state index in [1.165, 1.54) is 30.0 Å². The molecular formula is C27H33F3O2. The lowest BCUT2D eigenvalue weighted by Crippen LogP contribution is -2.46. The maximum atomic E-state index is 12.8. The first-order valence-corrected chi connectivity index (χ1v) is 11.8. The predicted octanol–water partition coefficient (Wildman–Crippen LogP) is 7.67. The van der Waals surface area contributed by atoms with Gasteiger partial charge in [0.2, 0.25) is 0 Å². The lowest BCUT2D eigenvalue weighted by molar-refractivity contribution is -0.274. The van der Waals surface area contributed by atoms with Crippen LogP contribution in [0.5, 0.6) is 5.75 Å². The van der Waals surface area contributed by atoms with Crippen LogP contribution in [0.2, 0.25) is 0 Å². The van der Waals surface area contributed by atoms with Gasteiger partial charge in [-0.1, -0.05) is 61.2 Å². The Labute approximate surface area is 189 Å². The highest BCUT2D eigenvalue weighted by Gasteiger charge is 2.47. The zero-order valence-electron chi connectivity index (χ0n) is 18.8. The quantitative estimate of drug-likeness (QED) is 0.406. The van der Waals surface area contributed by atoms with Gasteiger partial charge in [0, 0.05) is 12.0 Å². The van der Waals surface area contributed by atoms with Gasteiger partial charge in [0.15, 0.2) is 0 Å². The molecule has 1 saturated carbocycles. The minimum atomic E-state index is -4.68. The fourth-order valence-electron chi connectivity index (χ4n) is 5.85. The zero-order chi connectivity index (χ0) is 22.7. The van der Waals surface area contributed by atoms with Crippen LogP contribution in [-0.4, -0.2) is 18.6 Å². The highest BCUT2D eigenvalue weighted by atomic mass is 19.4. The van der Waals surface area contributed by atoms with Crippen LogP contribution in [0, 0.1) is 6.92 Å². The number of unbranched alkanes of at least 4 members (excludes halogenated alkanes) is 1. The van der Waals surface area contributed by atoms with E-state index in [1.807, 2.05) is 6.07 Å². The molecule has 1 atom stereocenters. The van der Waals surface area contributed by atoms with Crippen molar-refractivity contribution in [2.24, 2.45) is 0 Å². The summed E-state index contributed by atoms with van der Waals surface area (Å²) in [5.41, 5.74) is 3.30. The van der Waals surface area contributed by atoms with E-state index in [4.69, 9.17) is 4.74 Å². The van der Waals surface area contributed by atoms with Crippen LogP contribution in [0.4, 0.5) is 13.2 Å². The first kappa shape index (κ1) is 23.2. The Morgan fingerprint density at radius 1 is 0.969 bits per heavy atom. The molecule has 2 aliphatic rings. The number of benzene rings is 2.